The Kier molecular flexibility index (Phi) is 5.35. The highest BCUT2D eigenvalue weighted by molar-refractivity contribution is 5.87. The fourth-order valence-electron chi connectivity index (χ4n) is 1.79. The van der Waals surface area contributed by atoms with Crippen LogP contribution in [0, 0.1) is 0 Å². The molecule has 0 bridgehead atoms. The van der Waals surface area contributed by atoms with E-state index in [9.17, 15) is 14.4 Å². The summed E-state index contributed by atoms with van der Waals surface area (Å²) in [5.74, 6) is -1.27. The zero-order valence-corrected chi connectivity index (χ0v) is 11.0. The summed E-state index contributed by atoms with van der Waals surface area (Å²) in [4.78, 5) is 37.4. The van der Waals surface area contributed by atoms with Crippen LogP contribution in [0.25, 0.3) is 0 Å². The SMILES string of the molecule is C=CCC(NC(=O)N1CCCN(C)C(=O)C1)C(=O)O. The number of amides is 3. The van der Waals surface area contributed by atoms with Crippen LogP contribution in [0.1, 0.15) is 12.8 Å². The third-order valence-corrected chi connectivity index (χ3v) is 2.96. The summed E-state index contributed by atoms with van der Waals surface area (Å²) >= 11 is 0. The first-order valence-corrected chi connectivity index (χ1v) is 6.08. The van der Waals surface area contributed by atoms with E-state index in [1.165, 1.54) is 11.0 Å². The Morgan fingerprint density at radius 3 is 2.79 bits per heavy atom. The van der Waals surface area contributed by atoms with Crippen molar-refractivity contribution in [2.75, 3.05) is 26.7 Å². The zero-order valence-electron chi connectivity index (χ0n) is 11.0. The van der Waals surface area contributed by atoms with Crippen LogP contribution in [0.3, 0.4) is 0 Å². The highest BCUT2D eigenvalue weighted by Gasteiger charge is 2.26. The molecule has 1 rings (SSSR count). The van der Waals surface area contributed by atoms with Gasteiger partial charge in [0.25, 0.3) is 0 Å². The quantitative estimate of drug-likeness (QED) is 0.697. The normalized spacial score (nSPS) is 17.6. The molecule has 1 aliphatic heterocycles. The molecule has 1 heterocycles. The Bertz CT molecular complexity index is 383. The molecule has 19 heavy (non-hydrogen) atoms. The monoisotopic (exact) mass is 269 g/mol. The summed E-state index contributed by atoms with van der Waals surface area (Å²) in [7, 11) is 1.68. The van der Waals surface area contributed by atoms with Crippen LogP contribution in [0.5, 0.6) is 0 Å². The molecule has 2 N–H and O–H groups in total. The molecule has 0 radical (unpaired) electrons. The van der Waals surface area contributed by atoms with Gasteiger partial charge in [0.2, 0.25) is 5.91 Å². The van der Waals surface area contributed by atoms with E-state index in [-0.39, 0.29) is 18.9 Å². The Morgan fingerprint density at radius 2 is 2.21 bits per heavy atom. The van der Waals surface area contributed by atoms with E-state index in [1.54, 1.807) is 11.9 Å². The van der Waals surface area contributed by atoms with Gasteiger partial charge in [0.15, 0.2) is 0 Å². The molecular weight excluding hydrogens is 250 g/mol. The molecule has 3 amide bonds. The van der Waals surface area contributed by atoms with Crippen molar-refractivity contribution in [1.82, 2.24) is 15.1 Å². The number of nitrogens with one attached hydrogen (secondary N) is 1. The van der Waals surface area contributed by atoms with Crippen molar-refractivity contribution in [1.29, 1.82) is 0 Å². The van der Waals surface area contributed by atoms with Gasteiger partial charge in [-0.1, -0.05) is 6.08 Å². The Hall–Kier alpha value is -2.05. The maximum absolute atomic E-state index is 11.9. The number of carbonyl (C=O) groups excluding carboxylic acids is 2. The number of nitrogens with zero attached hydrogens (tertiary/aromatic N) is 2. The van der Waals surface area contributed by atoms with Gasteiger partial charge in [0, 0.05) is 20.1 Å². The third-order valence-electron chi connectivity index (χ3n) is 2.96. The van der Waals surface area contributed by atoms with E-state index >= 15 is 0 Å². The van der Waals surface area contributed by atoms with E-state index in [1.807, 2.05) is 0 Å². The molecule has 7 nitrogen and oxygen atoms in total. The summed E-state index contributed by atoms with van der Waals surface area (Å²) in [6.45, 7) is 4.45. The lowest BCUT2D eigenvalue weighted by Crippen LogP contribution is -2.49. The van der Waals surface area contributed by atoms with E-state index in [0.717, 1.165) is 0 Å². The predicted octanol–water partition coefficient (Wildman–Crippen LogP) is -0.111. The van der Waals surface area contributed by atoms with Crippen LogP contribution in [-0.4, -0.2) is 65.5 Å². The predicted molar refractivity (Wildman–Crippen MR) is 68.6 cm³/mol. The average molecular weight is 269 g/mol. The molecule has 1 saturated heterocycles. The van der Waals surface area contributed by atoms with Gasteiger partial charge in [-0.3, -0.25) is 4.79 Å². The smallest absolute Gasteiger partial charge is 0.326 e. The average Bonchev–Trinajstić information content (AvgIpc) is 2.51. The Morgan fingerprint density at radius 1 is 1.53 bits per heavy atom. The zero-order chi connectivity index (χ0) is 14.4. The van der Waals surface area contributed by atoms with Crippen LogP contribution >= 0.6 is 0 Å². The summed E-state index contributed by atoms with van der Waals surface area (Å²) in [5.41, 5.74) is 0. The minimum atomic E-state index is -1.12. The second kappa shape index (κ2) is 6.77. The first-order valence-electron chi connectivity index (χ1n) is 6.08. The third kappa shape index (κ3) is 4.27. The fourth-order valence-corrected chi connectivity index (χ4v) is 1.79. The number of rotatable bonds is 4. The van der Waals surface area contributed by atoms with Crippen molar-refractivity contribution in [3.05, 3.63) is 12.7 Å². The summed E-state index contributed by atoms with van der Waals surface area (Å²) in [5, 5.41) is 11.3. The summed E-state index contributed by atoms with van der Waals surface area (Å²) < 4.78 is 0. The minimum Gasteiger partial charge on any atom is -0.480 e. The van der Waals surface area contributed by atoms with Gasteiger partial charge in [-0.25, -0.2) is 9.59 Å². The molecule has 1 unspecified atom stereocenters. The van der Waals surface area contributed by atoms with Gasteiger partial charge >= 0.3 is 12.0 Å². The Labute approximate surface area is 111 Å². The van der Waals surface area contributed by atoms with Crippen LogP contribution in [0.15, 0.2) is 12.7 Å². The number of carboxylic acid groups (broad SMARTS) is 1. The van der Waals surface area contributed by atoms with Gasteiger partial charge in [0.05, 0.1) is 0 Å². The van der Waals surface area contributed by atoms with Crippen molar-refractivity contribution in [2.45, 2.75) is 18.9 Å². The number of hydrogen-bond acceptors (Lipinski definition) is 3. The maximum atomic E-state index is 11.9. The standard InChI is InChI=1S/C12H19N3O4/c1-3-5-9(11(17)18)13-12(19)15-7-4-6-14(2)10(16)8-15/h3,9H,1,4-8H2,2H3,(H,13,19)(H,17,18). The molecule has 1 atom stereocenters. The van der Waals surface area contributed by atoms with Crippen molar-refractivity contribution < 1.29 is 19.5 Å². The number of likely N-dealkylation sites (N-methyl/N-ethyl adjacent to an activating group) is 1. The number of hydrogen-bond donors (Lipinski definition) is 2. The van der Waals surface area contributed by atoms with Crippen LogP contribution < -0.4 is 5.32 Å². The fraction of sp³-hybridized carbons (Fsp3) is 0.583. The maximum Gasteiger partial charge on any atom is 0.326 e. The van der Waals surface area contributed by atoms with E-state index < -0.39 is 18.0 Å². The lowest BCUT2D eigenvalue weighted by molar-refractivity contribution is -0.139. The number of urea groups is 1. The molecule has 0 aromatic rings. The van der Waals surface area contributed by atoms with Crippen molar-refractivity contribution in [3.63, 3.8) is 0 Å². The van der Waals surface area contributed by atoms with Gasteiger partial charge in [-0.15, -0.1) is 6.58 Å². The molecule has 1 aliphatic rings. The van der Waals surface area contributed by atoms with Crippen molar-refractivity contribution in [3.8, 4) is 0 Å². The summed E-state index contributed by atoms with van der Waals surface area (Å²) in [6.07, 6.45) is 2.25. The Balaban J connectivity index is 2.63. The highest BCUT2D eigenvalue weighted by atomic mass is 16.4. The number of carbonyl (C=O) groups is 3. The van der Waals surface area contributed by atoms with Gasteiger partial charge in [-0.05, 0) is 12.8 Å². The van der Waals surface area contributed by atoms with E-state index in [2.05, 4.69) is 11.9 Å². The molecular formula is C12H19N3O4. The second-order valence-corrected chi connectivity index (χ2v) is 4.46. The number of aliphatic carboxylic acids is 1. The molecule has 1 fully saturated rings. The number of carboxylic acids is 1. The van der Waals surface area contributed by atoms with E-state index in [4.69, 9.17) is 5.11 Å². The lowest BCUT2D eigenvalue weighted by Gasteiger charge is -2.22. The molecule has 0 saturated carbocycles. The second-order valence-electron chi connectivity index (χ2n) is 4.46. The first-order chi connectivity index (χ1) is 8.95. The van der Waals surface area contributed by atoms with Crippen molar-refractivity contribution >= 4 is 17.9 Å². The molecule has 0 aromatic carbocycles. The molecule has 106 valence electrons. The molecule has 0 aliphatic carbocycles. The lowest BCUT2D eigenvalue weighted by atomic mass is 10.2. The molecule has 0 aromatic heterocycles. The van der Waals surface area contributed by atoms with Crippen LogP contribution in [0.2, 0.25) is 0 Å². The van der Waals surface area contributed by atoms with Gasteiger partial charge < -0.3 is 20.2 Å². The minimum absolute atomic E-state index is 0.0250. The largest absolute Gasteiger partial charge is 0.480 e. The highest BCUT2D eigenvalue weighted by Crippen LogP contribution is 2.04. The molecule has 7 heteroatoms. The summed E-state index contributed by atoms with van der Waals surface area (Å²) in [6, 6.07) is -1.54. The van der Waals surface area contributed by atoms with Gasteiger partial charge in [-0.2, -0.15) is 0 Å². The molecule has 0 spiro atoms. The topological polar surface area (TPSA) is 90.0 Å². The van der Waals surface area contributed by atoms with Gasteiger partial charge in [0.1, 0.15) is 12.6 Å². The van der Waals surface area contributed by atoms with Crippen LogP contribution in [0.4, 0.5) is 4.79 Å². The van der Waals surface area contributed by atoms with Crippen molar-refractivity contribution in [2.24, 2.45) is 0 Å². The van der Waals surface area contributed by atoms with E-state index in [0.29, 0.717) is 19.5 Å². The van der Waals surface area contributed by atoms with Crippen LogP contribution in [-0.2, 0) is 9.59 Å². The first kappa shape index (κ1) is 15.0.